The molecule has 2 aliphatic carbocycles. The van der Waals surface area contributed by atoms with Crippen molar-refractivity contribution < 1.29 is 41.9 Å². The topological polar surface area (TPSA) is 116 Å². The second-order valence-electron chi connectivity index (χ2n) is 35.9. The lowest BCUT2D eigenvalue weighted by Gasteiger charge is -2.26. The average Bonchev–Trinajstić information content (AvgIpc) is 1.79. The first kappa shape index (κ1) is 126. The van der Waals surface area contributed by atoms with E-state index in [9.17, 15) is 13.5 Å². The molecule has 0 aromatic heterocycles. The van der Waals surface area contributed by atoms with Crippen LogP contribution in [0.4, 0.5) is 0 Å². The van der Waals surface area contributed by atoms with Gasteiger partial charge in [-0.3, -0.25) is 0 Å². The van der Waals surface area contributed by atoms with Crippen LogP contribution in [0.1, 0.15) is 343 Å². The summed E-state index contributed by atoms with van der Waals surface area (Å²) in [4.78, 5) is 4.84. The van der Waals surface area contributed by atoms with E-state index >= 15 is 0 Å². The van der Waals surface area contributed by atoms with Crippen LogP contribution in [0.5, 0.6) is 0 Å². The van der Waals surface area contributed by atoms with Crippen molar-refractivity contribution in [3.8, 4) is 37.0 Å². The first-order valence-corrected chi connectivity index (χ1v) is 45.4. The van der Waals surface area contributed by atoms with Crippen LogP contribution in [0.15, 0.2) is 12.7 Å². The second-order valence-corrected chi connectivity index (χ2v) is 38.2. The van der Waals surface area contributed by atoms with Gasteiger partial charge in [0.25, 0.3) is 0 Å². The zero-order valence-electron chi connectivity index (χ0n) is 78.9. The van der Waals surface area contributed by atoms with E-state index in [-0.39, 0.29) is 0 Å². The Bertz CT molecular complexity index is 1870. The molecule has 0 atom stereocenters. The van der Waals surface area contributed by atoms with Gasteiger partial charge in [0.05, 0.1) is 51.0 Å². The van der Waals surface area contributed by atoms with E-state index in [2.05, 4.69) is 228 Å². The molecule has 11 nitrogen and oxygen atoms in total. The largest absolute Gasteiger partial charge is 0.390 e. The van der Waals surface area contributed by atoms with Gasteiger partial charge in [0.1, 0.15) is 23.1 Å². The molecular weight excluding hydrogens is 1350 g/mol. The number of rotatable bonds is 41. The molecule has 1 saturated heterocycles. The van der Waals surface area contributed by atoms with E-state index in [1.54, 1.807) is 7.11 Å². The molecular formula is C95H198N2O9S. The number of hydrogen-bond acceptors (Lipinski definition) is 11. The summed E-state index contributed by atoms with van der Waals surface area (Å²) in [5.41, 5.74) is -0.478. The zero-order chi connectivity index (χ0) is 85.0. The predicted molar refractivity (Wildman–Crippen MR) is 482 cm³/mol. The Morgan fingerprint density at radius 1 is 0.486 bits per heavy atom. The highest BCUT2D eigenvalue weighted by molar-refractivity contribution is 7.90. The summed E-state index contributed by atoms with van der Waals surface area (Å²) in [6.45, 7) is 81.2. The Hall–Kier alpha value is -1.99. The molecule has 3 aliphatic rings. The van der Waals surface area contributed by atoms with E-state index < -0.39 is 15.4 Å². The molecule has 1 N–H and O–H groups in total. The third kappa shape index (κ3) is 178. The normalized spacial score (nSPS) is 13.0. The molecule has 0 aromatic carbocycles. The van der Waals surface area contributed by atoms with E-state index in [1.807, 2.05) is 33.8 Å². The van der Waals surface area contributed by atoms with Crippen LogP contribution in [0.3, 0.4) is 0 Å². The van der Waals surface area contributed by atoms with Crippen LogP contribution < -0.4 is 0 Å². The van der Waals surface area contributed by atoms with Gasteiger partial charge >= 0.3 is 0 Å². The third-order valence-electron chi connectivity index (χ3n) is 15.6. The molecule has 0 amide bonds. The first-order valence-electron chi connectivity index (χ1n) is 43.3. The molecule has 1 aliphatic heterocycles. The minimum Gasteiger partial charge on any atom is -0.390 e. The van der Waals surface area contributed by atoms with Crippen LogP contribution in [0.2, 0.25) is 0 Å². The van der Waals surface area contributed by atoms with E-state index in [0.29, 0.717) is 88.2 Å². The summed E-state index contributed by atoms with van der Waals surface area (Å²) in [5.74, 6) is 20.0. The van der Waals surface area contributed by atoms with Gasteiger partial charge in [0.2, 0.25) is 0 Å². The summed E-state index contributed by atoms with van der Waals surface area (Å²) in [6, 6.07) is 0. The van der Waals surface area contributed by atoms with Gasteiger partial charge < -0.3 is 43.3 Å². The minimum atomic E-state index is -2.72. The molecule has 2 saturated carbocycles. The summed E-state index contributed by atoms with van der Waals surface area (Å²) in [5, 5.41) is 9.19. The number of hydrogen-bond donors (Lipinski definition) is 1. The molecule has 1 heterocycles. The van der Waals surface area contributed by atoms with Gasteiger partial charge in [-0.15, -0.1) is 31.8 Å². The summed E-state index contributed by atoms with van der Waals surface area (Å²) in [7, 11) is 3.25. The van der Waals surface area contributed by atoms with Crippen LogP contribution >= 0.6 is 0 Å². The minimum absolute atomic E-state index is 0.324. The quantitative estimate of drug-likeness (QED) is 0.0358. The van der Waals surface area contributed by atoms with Crippen molar-refractivity contribution in [3.05, 3.63) is 12.7 Å². The number of piperidine rings is 1. The van der Waals surface area contributed by atoms with E-state index in [4.69, 9.17) is 47.7 Å². The lowest BCUT2D eigenvalue weighted by molar-refractivity contribution is 0.0183. The zero-order valence-corrected chi connectivity index (χ0v) is 79.7. The molecule has 0 aromatic rings. The molecule has 0 bridgehead atoms. The molecule has 0 radical (unpaired) electrons. The van der Waals surface area contributed by atoms with Crippen LogP contribution in [0, 0.1) is 126 Å². The fourth-order valence-corrected chi connectivity index (χ4v) is 9.91. The monoisotopic (exact) mass is 1540 g/mol. The first-order chi connectivity index (χ1) is 49.7. The van der Waals surface area contributed by atoms with Crippen molar-refractivity contribution in [2.75, 3.05) is 132 Å². The van der Waals surface area contributed by atoms with Gasteiger partial charge in [-0.25, -0.2) is 8.42 Å². The maximum absolute atomic E-state index is 10.5. The molecule has 3 rings (SSSR count). The highest BCUT2D eigenvalue weighted by atomic mass is 32.2. The van der Waals surface area contributed by atoms with E-state index in [0.717, 1.165) is 118 Å². The Morgan fingerprint density at radius 3 is 1.03 bits per heavy atom. The fourth-order valence-electron chi connectivity index (χ4n) is 9.01. The third-order valence-corrected chi connectivity index (χ3v) is 16.6. The van der Waals surface area contributed by atoms with Crippen molar-refractivity contribution in [2.24, 2.45) is 88.8 Å². The summed E-state index contributed by atoms with van der Waals surface area (Å²) >= 11 is 0. The molecule has 0 spiro atoms. The van der Waals surface area contributed by atoms with Crippen molar-refractivity contribution in [2.45, 2.75) is 348 Å². The van der Waals surface area contributed by atoms with Gasteiger partial charge in [0.15, 0.2) is 0 Å². The van der Waals surface area contributed by atoms with Gasteiger partial charge in [-0.1, -0.05) is 257 Å². The van der Waals surface area contributed by atoms with Crippen LogP contribution in [0.25, 0.3) is 0 Å². The van der Waals surface area contributed by atoms with Crippen molar-refractivity contribution >= 4 is 9.84 Å². The van der Waals surface area contributed by atoms with Gasteiger partial charge in [0, 0.05) is 39.6 Å². The predicted octanol–water partition coefficient (Wildman–Crippen LogP) is 25.4. The number of ether oxygens (including phenoxy) is 6. The average molecular weight is 1540 g/mol. The van der Waals surface area contributed by atoms with E-state index in [1.165, 1.54) is 129 Å². The fraction of sp³-hybridized carbons (Fsp3) is 0.916. The van der Waals surface area contributed by atoms with Crippen molar-refractivity contribution in [1.82, 2.24) is 9.80 Å². The smallest absolute Gasteiger partial charge is 0.147 e. The van der Waals surface area contributed by atoms with Crippen LogP contribution in [-0.2, 0) is 38.3 Å². The number of methoxy groups -OCH3 is 1. The Morgan fingerprint density at radius 2 is 0.860 bits per heavy atom. The standard InChI is InChI=1S/C12H22O3.C10H21N.C10H18O2.C7H17N.C7H16O.C7H14.C6H14O2S.C6H14O.C6H12.2C6H14.C6H12.C6H10/c1-4-6-13-8-10-15-11-9-14-7-5-12(2)3;1-10(2)6-9-11-7-4-3-5-8-11;1-4-6-11-8-9-12-7-5-10(2)3;1-7(2)5-6-8(3)4;1-6(2)5-7(3,4)8;1-6(2)5-7-3-4-7;1-6(2)4-5-9(3,7)8;1-6(2)4-5-7-3;1-5(2)6-3-4-6;4*1-4-5-6(2)3/h1,12H,5-11H2,2-3H3;10H,3-9H2,1-2H3;1,10H,5-9H2,2-3H3;7H,5-6H2,1-4H3;6,8H,5H2,1-4H3;6-7H,3-5H2,1-2H3;6H,4-5H2,1-3H3;6H,4-5H2,1-3H3;5-6H,3-4H2,1-2H3;2*6H,4-5H2,1-3H3;4,6H,1,5H2,2-3H3;1,6H,5H2,2-3H3. The Labute approximate surface area is 676 Å². The number of terminal acetylenes is 3. The molecule has 0 unspecified atom stereocenters. The number of likely N-dealkylation sites (tertiary alicyclic amines) is 1. The maximum Gasteiger partial charge on any atom is 0.147 e. The molecule has 107 heavy (non-hydrogen) atoms. The van der Waals surface area contributed by atoms with Gasteiger partial charge in [-0.05, 0) is 226 Å². The van der Waals surface area contributed by atoms with Crippen LogP contribution in [-0.4, -0.2) is 161 Å². The maximum atomic E-state index is 10.5. The van der Waals surface area contributed by atoms with Crippen molar-refractivity contribution in [1.29, 1.82) is 0 Å². The number of aliphatic hydroxyl groups is 1. The number of sulfone groups is 1. The highest BCUT2D eigenvalue weighted by Crippen LogP contribution is 2.36. The molecule has 648 valence electrons. The SMILES string of the molecule is C#CCC(C)C.C#CCOCCOCCC(C)C.C#CCOCCOCCOCCC(C)C.C=CCC(C)C.CC(C)C1CC1.CC(C)CC(C)(C)O.CC(C)CC1CC1.CC(C)CCN(C)C.CC(C)CCN1CCCCC1.CC(C)CCS(C)(=O)=O.CCCC(C)C.CCCC(C)C.COCCC(C)C. The summed E-state index contributed by atoms with van der Waals surface area (Å²) < 4.78 is 51.9. The summed E-state index contributed by atoms with van der Waals surface area (Å²) in [6.07, 6.45) is 45.2. The number of allylic oxidation sites excluding steroid dienone is 1. The van der Waals surface area contributed by atoms with Gasteiger partial charge in [-0.2, -0.15) is 0 Å². The number of nitrogens with zero attached hydrogens (tertiary/aromatic N) is 2. The molecule has 3 fully saturated rings. The lowest BCUT2D eigenvalue weighted by atomic mass is 9.97. The Balaban J connectivity index is -0.000000120. The lowest BCUT2D eigenvalue weighted by Crippen LogP contribution is -2.31. The van der Waals surface area contributed by atoms with Crippen molar-refractivity contribution in [3.63, 3.8) is 0 Å². The second kappa shape index (κ2) is 94.6. The highest BCUT2D eigenvalue weighted by Gasteiger charge is 2.24. The molecule has 12 heteroatoms. The Kier molecular flexibility index (Phi) is 111.